The molecule has 10 nitrogen and oxygen atoms in total. The van der Waals surface area contributed by atoms with Crippen LogP contribution in [-0.4, -0.2) is 100 Å². The maximum absolute atomic E-state index is 12.0. The van der Waals surface area contributed by atoms with E-state index in [0.717, 1.165) is 25.0 Å². The Kier molecular flexibility index (Phi) is 14.7. The van der Waals surface area contributed by atoms with Crippen molar-refractivity contribution in [2.75, 3.05) is 65.2 Å². The van der Waals surface area contributed by atoms with Crippen LogP contribution in [0.25, 0.3) is 0 Å². The highest BCUT2D eigenvalue weighted by Gasteiger charge is 2.42. The summed E-state index contributed by atoms with van der Waals surface area (Å²) in [5.74, 6) is 1.21. The van der Waals surface area contributed by atoms with E-state index in [1.165, 1.54) is 0 Å². The third kappa shape index (κ3) is 12.7. The van der Waals surface area contributed by atoms with E-state index >= 15 is 0 Å². The van der Waals surface area contributed by atoms with Crippen LogP contribution in [0.1, 0.15) is 52.9 Å². The fourth-order valence-electron chi connectivity index (χ4n) is 3.93. The minimum Gasteiger partial charge on any atom is -0.379 e. The molecule has 2 aliphatic heterocycles. The fourth-order valence-corrected chi connectivity index (χ4v) is 5.47. The van der Waals surface area contributed by atoms with Crippen molar-refractivity contribution in [1.29, 1.82) is 0 Å². The van der Waals surface area contributed by atoms with Crippen molar-refractivity contribution < 1.29 is 33.3 Å². The fraction of sp³-hybridized carbons (Fsp3) is 0.880. The number of ketones is 1. The molecule has 2 saturated heterocycles. The molecule has 0 aromatic rings. The quantitative estimate of drug-likeness (QED) is 0.161. The second-order valence-corrected chi connectivity index (χ2v) is 11.4. The molecule has 0 spiro atoms. The van der Waals surface area contributed by atoms with Gasteiger partial charge in [0.15, 0.2) is 0 Å². The third-order valence-corrected chi connectivity index (χ3v) is 7.58. The van der Waals surface area contributed by atoms with Crippen molar-refractivity contribution in [3.63, 3.8) is 0 Å². The van der Waals surface area contributed by atoms with Gasteiger partial charge in [-0.25, -0.2) is 4.79 Å². The number of ether oxygens (including phenoxy) is 4. The van der Waals surface area contributed by atoms with Crippen molar-refractivity contribution in [1.82, 2.24) is 16.0 Å². The molecular formula is C25H45N3O7S. The Hall–Kier alpha value is -1.40. The summed E-state index contributed by atoms with van der Waals surface area (Å²) in [4.78, 5) is 35.1. The minimum atomic E-state index is -0.315. The highest BCUT2D eigenvalue weighted by atomic mass is 32.2. The van der Waals surface area contributed by atoms with E-state index in [4.69, 9.17) is 18.9 Å². The second-order valence-electron chi connectivity index (χ2n) is 10.1. The molecule has 2 aliphatic rings. The van der Waals surface area contributed by atoms with Gasteiger partial charge in [0.25, 0.3) is 0 Å². The van der Waals surface area contributed by atoms with Gasteiger partial charge in [-0.3, -0.25) is 9.59 Å². The number of amides is 3. The van der Waals surface area contributed by atoms with Gasteiger partial charge in [0.2, 0.25) is 5.91 Å². The van der Waals surface area contributed by atoms with E-state index < -0.39 is 0 Å². The maximum atomic E-state index is 12.0. The van der Waals surface area contributed by atoms with Crippen LogP contribution in [0.3, 0.4) is 0 Å². The number of urea groups is 1. The first-order valence-corrected chi connectivity index (χ1v) is 14.1. The number of unbranched alkanes of at least 4 members (excludes halogenated alkanes) is 1. The van der Waals surface area contributed by atoms with E-state index in [2.05, 4.69) is 16.0 Å². The number of hydrogen-bond donors (Lipinski definition) is 3. The van der Waals surface area contributed by atoms with E-state index in [9.17, 15) is 14.4 Å². The Morgan fingerprint density at radius 1 is 0.889 bits per heavy atom. The Balaban J connectivity index is 1.27. The number of fused-ring (bicyclic) bond motifs is 1. The van der Waals surface area contributed by atoms with Crippen LogP contribution >= 0.6 is 11.8 Å². The van der Waals surface area contributed by atoms with E-state index in [-0.39, 0.29) is 35.2 Å². The smallest absolute Gasteiger partial charge is 0.315 e. The molecular weight excluding hydrogens is 486 g/mol. The number of carbonyl (C=O) groups is 3. The van der Waals surface area contributed by atoms with Crippen molar-refractivity contribution in [2.45, 2.75) is 70.2 Å². The molecule has 3 amide bonds. The summed E-state index contributed by atoms with van der Waals surface area (Å²) in [5, 5.41) is 9.27. The summed E-state index contributed by atoms with van der Waals surface area (Å²) >= 11 is 1.90. The van der Waals surface area contributed by atoms with Crippen LogP contribution in [0, 0.1) is 5.41 Å². The number of carbonyl (C=O) groups excluding carboxylic acids is 3. The van der Waals surface area contributed by atoms with Gasteiger partial charge >= 0.3 is 6.03 Å². The average Bonchev–Trinajstić information content (AvgIpc) is 3.37. The number of Topliss-reactive ketones (excluding diaryl/α,β-unsaturated/α-hetero) is 1. The Labute approximate surface area is 219 Å². The lowest BCUT2D eigenvalue weighted by Gasteiger charge is -2.16. The van der Waals surface area contributed by atoms with Crippen LogP contribution in [0.5, 0.6) is 0 Å². The molecule has 0 saturated carbocycles. The molecule has 0 radical (unpaired) electrons. The number of thioether (sulfide) groups is 1. The lowest BCUT2D eigenvalue weighted by Crippen LogP contribution is -2.36. The first-order chi connectivity index (χ1) is 17.3. The van der Waals surface area contributed by atoms with Crippen molar-refractivity contribution >= 4 is 29.5 Å². The summed E-state index contributed by atoms with van der Waals surface area (Å²) < 4.78 is 21.8. The van der Waals surface area contributed by atoms with Gasteiger partial charge in [-0.1, -0.05) is 27.2 Å². The standard InChI is InChI=1S/C25H45N3O7S/c1-25(2,3)21(29)8-10-32-12-14-34-16-17-35-15-13-33-11-9-26-22(30)7-5-4-6-20-23-19(18-36-20)27-24(31)28-23/h19-20,23H,4-18H2,1-3H3,(H,26,30)(H2,27,28,31)/t19-,20-,23-/m1/s1. The van der Waals surface area contributed by atoms with E-state index in [1.54, 1.807) is 0 Å². The van der Waals surface area contributed by atoms with Gasteiger partial charge in [0, 0.05) is 35.8 Å². The predicted molar refractivity (Wildman–Crippen MR) is 139 cm³/mol. The van der Waals surface area contributed by atoms with Gasteiger partial charge in [-0.2, -0.15) is 11.8 Å². The van der Waals surface area contributed by atoms with Crippen molar-refractivity contribution in [3.8, 4) is 0 Å². The SMILES string of the molecule is CC(C)(C)C(=O)CCOCCOCCOCCOCCNC(=O)CCCC[C@H]1SC[C@H]2NC(=O)N[C@H]21. The number of hydrogen-bond acceptors (Lipinski definition) is 8. The van der Waals surface area contributed by atoms with Crippen LogP contribution in [-0.2, 0) is 28.5 Å². The van der Waals surface area contributed by atoms with Gasteiger partial charge in [0.05, 0.1) is 64.9 Å². The lowest BCUT2D eigenvalue weighted by molar-refractivity contribution is -0.127. The zero-order valence-corrected chi connectivity index (χ0v) is 22.9. The Bertz CT molecular complexity index is 675. The predicted octanol–water partition coefficient (Wildman–Crippen LogP) is 1.90. The molecule has 2 fully saturated rings. The van der Waals surface area contributed by atoms with E-state index in [0.29, 0.717) is 77.5 Å². The van der Waals surface area contributed by atoms with Gasteiger partial charge in [-0.15, -0.1) is 0 Å². The molecule has 0 aliphatic carbocycles. The van der Waals surface area contributed by atoms with Crippen molar-refractivity contribution in [3.05, 3.63) is 0 Å². The van der Waals surface area contributed by atoms with Gasteiger partial charge < -0.3 is 34.9 Å². The first kappa shape index (κ1) is 30.8. The van der Waals surface area contributed by atoms with Crippen molar-refractivity contribution in [2.24, 2.45) is 5.41 Å². The molecule has 2 rings (SSSR count). The molecule has 208 valence electrons. The molecule has 36 heavy (non-hydrogen) atoms. The molecule has 2 heterocycles. The summed E-state index contributed by atoms with van der Waals surface area (Å²) in [6.07, 6.45) is 3.79. The molecule has 11 heteroatoms. The number of nitrogens with one attached hydrogen (secondary N) is 3. The summed E-state index contributed by atoms with van der Waals surface area (Å²) in [6.45, 7) is 9.93. The molecule has 3 atom stereocenters. The first-order valence-electron chi connectivity index (χ1n) is 13.1. The molecule has 0 aromatic carbocycles. The summed E-state index contributed by atoms with van der Waals surface area (Å²) in [6, 6.07) is 0.423. The molecule has 0 bridgehead atoms. The Morgan fingerprint density at radius 2 is 1.50 bits per heavy atom. The molecule has 0 aromatic heterocycles. The van der Waals surface area contributed by atoms with Crippen LogP contribution in [0.4, 0.5) is 4.79 Å². The third-order valence-electron chi connectivity index (χ3n) is 6.08. The van der Waals surface area contributed by atoms with Gasteiger partial charge in [0.1, 0.15) is 5.78 Å². The lowest BCUT2D eigenvalue weighted by atomic mass is 9.89. The molecule has 3 N–H and O–H groups in total. The second kappa shape index (κ2) is 17.2. The van der Waals surface area contributed by atoms with Gasteiger partial charge in [-0.05, 0) is 12.8 Å². The summed E-state index contributed by atoms with van der Waals surface area (Å²) in [7, 11) is 0. The van der Waals surface area contributed by atoms with Crippen LogP contribution < -0.4 is 16.0 Å². The highest BCUT2D eigenvalue weighted by molar-refractivity contribution is 8.00. The zero-order chi connectivity index (χ0) is 26.2. The normalized spacial score (nSPS) is 21.2. The van der Waals surface area contributed by atoms with E-state index in [1.807, 2.05) is 32.5 Å². The number of rotatable bonds is 20. The van der Waals surface area contributed by atoms with Crippen LogP contribution in [0.2, 0.25) is 0 Å². The largest absolute Gasteiger partial charge is 0.379 e. The monoisotopic (exact) mass is 531 g/mol. The topological polar surface area (TPSA) is 124 Å². The minimum absolute atomic E-state index is 0.0459. The highest BCUT2D eigenvalue weighted by Crippen LogP contribution is 2.33. The molecule has 0 unspecified atom stereocenters. The zero-order valence-electron chi connectivity index (χ0n) is 22.1. The maximum Gasteiger partial charge on any atom is 0.315 e. The average molecular weight is 532 g/mol. The Morgan fingerprint density at radius 3 is 2.14 bits per heavy atom. The summed E-state index contributed by atoms with van der Waals surface area (Å²) in [5.41, 5.74) is -0.315. The van der Waals surface area contributed by atoms with Crippen LogP contribution in [0.15, 0.2) is 0 Å².